The average molecular weight is 768 g/mol. The third-order valence-electron chi connectivity index (χ3n) is 12.3. The molecule has 9 aromatic rings. The van der Waals surface area contributed by atoms with Crippen molar-refractivity contribution in [1.29, 1.82) is 0 Å². The Balaban J connectivity index is 1.01. The Morgan fingerprint density at radius 1 is 0.433 bits per heavy atom. The van der Waals surface area contributed by atoms with E-state index in [0.717, 1.165) is 39.3 Å². The molecule has 1 aliphatic heterocycles. The highest BCUT2D eigenvalue weighted by Gasteiger charge is 2.51. The molecule has 2 aliphatic rings. The van der Waals surface area contributed by atoms with Crippen LogP contribution >= 0.6 is 0 Å². The van der Waals surface area contributed by atoms with Crippen molar-refractivity contribution in [2.75, 3.05) is 10.6 Å². The summed E-state index contributed by atoms with van der Waals surface area (Å²) in [7, 11) is 0. The monoisotopic (exact) mass is 767 g/mol. The zero-order valence-corrected chi connectivity index (χ0v) is 33.0. The van der Waals surface area contributed by atoms with Crippen LogP contribution in [0.3, 0.4) is 0 Å². The first-order valence-corrected chi connectivity index (χ1v) is 20.6. The summed E-state index contributed by atoms with van der Waals surface area (Å²) >= 11 is 0. The van der Waals surface area contributed by atoms with Gasteiger partial charge in [-0.2, -0.15) is 0 Å². The molecular formula is C57H41N3. The summed E-state index contributed by atoms with van der Waals surface area (Å²) in [5.41, 5.74) is 26.7. The van der Waals surface area contributed by atoms with Gasteiger partial charge in [0.1, 0.15) is 0 Å². The largest absolute Gasteiger partial charge is 0.398 e. The van der Waals surface area contributed by atoms with Crippen LogP contribution in [-0.4, -0.2) is 5.71 Å². The van der Waals surface area contributed by atoms with Gasteiger partial charge in [-0.15, -0.1) is 0 Å². The molecular weight excluding hydrogens is 727 g/mol. The van der Waals surface area contributed by atoms with E-state index in [1.54, 1.807) is 0 Å². The quantitative estimate of drug-likeness (QED) is 0.130. The minimum absolute atomic E-state index is 0.504. The maximum absolute atomic E-state index is 6.47. The Labute approximate surface area is 351 Å². The molecule has 0 bridgehead atoms. The molecule has 3 heteroatoms. The number of nitrogens with zero attached hydrogens (tertiary/aromatic N) is 2. The first-order valence-electron chi connectivity index (χ1n) is 20.6. The maximum Gasteiger partial charge on any atom is 0.0754 e. The number of benzene rings is 9. The van der Waals surface area contributed by atoms with Crippen LogP contribution in [0.4, 0.5) is 22.7 Å². The summed E-state index contributed by atoms with van der Waals surface area (Å²) in [5, 5.41) is 0. The zero-order chi connectivity index (χ0) is 40.0. The van der Waals surface area contributed by atoms with Crippen molar-refractivity contribution in [1.82, 2.24) is 0 Å². The van der Waals surface area contributed by atoms with Crippen molar-refractivity contribution in [3.8, 4) is 33.4 Å². The molecule has 0 amide bonds. The molecule has 284 valence electrons. The number of aliphatic imine (C=N–C) groups is 1. The molecule has 0 saturated heterocycles. The fraction of sp³-hybridized carbons (Fsp3) is 0.0351. The first kappa shape index (κ1) is 35.4. The van der Waals surface area contributed by atoms with Gasteiger partial charge in [0.15, 0.2) is 0 Å². The number of hydrogen-bond acceptors (Lipinski definition) is 3. The van der Waals surface area contributed by atoms with Gasteiger partial charge in [-0.3, -0.25) is 4.99 Å². The Hall–Kier alpha value is -7.75. The van der Waals surface area contributed by atoms with Crippen LogP contribution in [0.25, 0.3) is 33.4 Å². The second kappa shape index (κ2) is 14.6. The van der Waals surface area contributed by atoms with Crippen LogP contribution in [0.5, 0.6) is 0 Å². The van der Waals surface area contributed by atoms with Gasteiger partial charge in [0.05, 0.1) is 29.0 Å². The molecule has 60 heavy (non-hydrogen) atoms. The average Bonchev–Trinajstić information content (AvgIpc) is 3.60. The molecule has 0 atom stereocenters. The Morgan fingerprint density at radius 3 is 1.70 bits per heavy atom. The van der Waals surface area contributed by atoms with Gasteiger partial charge in [-0.1, -0.05) is 176 Å². The van der Waals surface area contributed by atoms with Crippen molar-refractivity contribution in [2.45, 2.75) is 12.0 Å². The summed E-state index contributed by atoms with van der Waals surface area (Å²) in [6.45, 7) is 0.532. The predicted octanol–water partition coefficient (Wildman–Crippen LogP) is 13.8. The summed E-state index contributed by atoms with van der Waals surface area (Å²) < 4.78 is 0. The minimum Gasteiger partial charge on any atom is -0.398 e. The van der Waals surface area contributed by atoms with Gasteiger partial charge < -0.3 is 10.6 Å². The van der Waals surface area contributed by atoms with E-state index in [-0.39, 0.29) is 0 Å². The second-order valence-corrected chi connectivity index (χ2v) is 15.7. The number of rotatable bonds is 7. The standard InChI is InChI=1S/C57H41N3/c58-53-30-12-8-26-48(53)56(40-18-3-1-4-19-40)59-38-39-17-15-20-41(35-39)42-21-16-22-43(36-42)44-33-34-47-46-25-7-9-27-49(46)57(52(47)37-44)50-28-10-13-31-54(50)60(45-23-5-2-6-24-45)55-32-14-11-29-51(55)57/h1-37H,38,58H2. The molecule has 0 fully saturated rings. The van der Waals surface area contributed by atoms with Gasteiger partial charge in [-0.25, -0.2) is 0 Å². The summed E-state index contributed by atoms with van der Waals surface area (Å²) in [4.78, 5) is 7.61. The van der Waals surface area contributed by atoms with Gasteiger partial charge in [0, 0.05) is 22.5 Å². The van der Waals surface area contributed by atoms with Crippen LogP contribution in [-0.2, 0) is 12.0 Å². The molecule has 0 saturated carbocycles. The maximum atomic E-state index is 6.47. The van der Waals surface area contributed by atoms with Crippen molar-refractivity contribution < 1.29 is 0 Å². The van der Waals surface area contributed by atoms with Crippen LogP contribution in [0, 0.1) is 0 Å². The molecule has 11 rings (SSSR count). The van der Waals surface area contributed by atoms with E-state index >= 15 is 0 Å². The summed E-state index contributed by atoms with van der Waals surface area (Å²) in [6, 6.07) is 80.9. The molecule has 9 aromatic carbocycles. The van der Waals surface area contributed by atoms with Crippen LogP contribution in [0.2, 0.25) is 0 Å². The van der Waals surface area contributed by atoms with Crippen molar-refractivity contribution in [3.05, 3.63) is 263 Å². The fourth-order valence-corrected chi connectivity index (χ4v) is 9.68. The lowest BCUT2D eigenvalue weighted by atomic mass is 9.64. The predicted molar refractivity (Wildman–Crippen MR) is 249 cm³/mol. The van der Waals surface area contributed by atoms with Gasteiger partial charge in [-0.05, 0) is 110 Å². The topological polar surface area (TPSA) is 41.6 Å². The normalized spacial score (nSPS) is 13.3. The molecule has 2 N–H and O–H groups in total. The van der Waals surface area contributed by atoms with E-state index in [1.165, 1.54) is 61.4 Å². The van der Waals surface area contributed by atoms with E-state index in [0.29, 0.717) is 6.54 Å². The second-order valence-electron chi connectivity index (χ2n) is 15.7. The van der Waals surface area contributed by atoms with Crippen LogP contribution in [0.1, 0.15) is 38.9 Å². The first-order chi connectivity index (χ1) is 29.7. The summed E-state index contributed by atoms with van der Waals surface area (Å²) in [6.07, 6.45) is 0. The highest BCUT2D eigenvalue weighted by molar-refractivity contribution is 6.15. The Bertz CT molecular complexity index is 3040. The van der Waals surface area contributed by atoms with Crippen molar-refractivity contribution in [3.63, 3.8) is 0 Å². The third kappa shape index (κ3) is 5.70. The van der Waals surface area contributed by atoms with E-state index < -0.39 is 5.41 Å². The number of para-hydroxylation sites is 4. The SMILES string of the molecule is Nc1ccccc1C(=NCc1cccc(-c2cccc(-c3ccc4c(c3)C3(c5ccccc5-4)c4ccccc4N(c4ccccc4)c4ccccc43)c2)c1)c1ccccc1. The summed E-state index contributed by atoms with van der Waals surface area (Å²) in [5.74, 6) is 0. The van der Waals surface area contributed by atoms with Gasteiger partial charge in [0.25, 0.3) is 0 Å². The molecule has 1 heterocycles. The molecule has 0 aromatic heterocycles. The number of anilines is 4. The number of nitrogen functional groups attached to an aromatic ring is 1. The van der Waals surface area contributed by atoms with E-state index in [2.05, 4.69) is 187 Å². The van der Waals surface area contributed by atoms with E-state index in [1.807, 2.05) is 42.5 Å². The zero-order valence-electron chi connectivity index (χ0n) is 33.0. The van der Waals surface area contributed by atoms with E-state index in [9.17, 15) is 0 Å². The third-order valence-corrected chi connectivity index (χ3v) is 12.3. The van der Waals surface area contributed by atoms with Gasteiger partial charge in [0.2, 0.25) is 0 Å². The lowest BCUT2D eigenvalue weighted by Gasteiger charge is -2.45. The number of nitrogens with two attached hydrogens (primary N) is 1. The number of hydrogen-bond donors (Lipinski definition) is 1. The molecule has 3 nitrogen and oxygen atoms in total. The molecule has 1 aliphatic carbocycles. The van der Waals surface area contributed by atoms with Crippen molar-refractivity contribution >= 4 is 28.5 Å². The van der Waals surface area contributed by atoms with Crippen LogP contribution in [0.15, 0.2) is 229 Å². The minimum atomic E-state index is -0.504. The Kier molecular flexibility index (Phi) is 8.60. The smallest absolute Gasteiger partial charge is 0.0754 e. The molecule has 0 radical (unpaired) electrons. The van der Waals surface area contributed by atoms with Crippen LogP contribution < -0.4 is 10.6 Å². The van der Waals surface area contributed by atoms with Gasteiger partial charge >= 0.3 is 0 Å². The lowest BCUT2D eigenvalue weighted by Crippen LogP contribution is -2.36. The highest BCUT2D eigenvalue weighted by atomic mass is 15.2. The number of fused-ring (bicyclic) bond motifs is 9. The lowest BCUT2D eigenvalue weighted by molar-refractivity contribution is 0.753. The van der Waals surface area contributed by atoms with E-state index in [4.69, 9.17) is 10.7 Å². The Morgan fingerprint density at radius 2 is 0.983 bits per heavy atom. The highest BCUT2D eigenvalue weighted by Crippen LogP contribution is 2.63. The molecule has 1 spiro atoms. The fourth-order valence-electron chi connectivity index (χ4n) is 9.68. The van der Waals surface area contributed by atoms with Crippen molar-refractivity contribution in [2.24, 2.45) is 4.99 Å². The molecule has 0 unspecified atom stereocenters.